The van der Waals surface area contributed by atoms with Crippen LogP contribution in [0.4, 0.5) is 0 Å². The molecule has 0 spiro atoms. The molecule has 2 aromatic rings. The van der Waals surface area contributed by atoms with E-state index in [0.717, 1.165) is 6.54 Å². The summed E-state index contributed by atoms with van der Waals surface area (Å²) in [6.07, 6.45) is 0.196. The van der Waals surface area contributed by atoms with Crippen molar-refractivity contribution in [1.82, 2.24) is 4.90 Å². The first kappa shape index (κ1) is 12.1. The van der Waals surface area contributed by atoms with Crippen molar-refractivity contribution in [1.29, 1.82) is 0 Å². The molecule has 0 atom stereocenters. The van der Waals surface area contributed by atoms with Gasteiger partial charge in [0.25, 0.3) is 0 Å². The predicted molar refractivity (Wildman–Crippen MR) is 70.4 cm³/mol. The average molecular weight is 249 g/mol. The number of thiophene rings is 1. The Morgan fingerprint density at radius 1 is 1.41 bits per heavy atom. The van der Waals surface area contributed by atoms with Gasteiger partial charge in [-0.05, 0) is 24.6 Å². The second-order valence-corrected chi connectivity index (χ2v) is 5.30. The van der Waals surface area contributed by atoms with Gasteiger partial charge in [-0.1, -0.05) is 18.2 Å². The van der Waals surface area contributed by atoms with Gasteiger partial charge in [-0.25, -0.2) is 0 Å². The van der Waals surface area contributed by atoms with Crippen LogP contribution in [0.1, 0.15) is 11.3 Å². The average Bonchev–Trinajstić information content (AvgIpc) is 2.68. The molecule has 0 bridgehead atoms. The Bertz CT molecular complexity index is 488. The van der Waals surface area contributed by atoms with Gasteiger partial charge in [-0.2, -0.15) is 0 Å². The molecule has 0 saturated heterocycles. The van der Waals surface area contributed by atoms with E-state index in [1.807, 2.05) is 24.1 Å². The molecule has 0 radical (unpaired) electrons. The molecular formula is C13H15NO2S. The number of carboxylic acids is 1. The van der Waals surface area contributed by atoms with Crippen LogP contribution in [0.2, 0.25) is 0 Å². The minimum Gasteiger partial charge on any atom is -0.481 e. The van der Waals surface area contributed by atoms with Crippen LogP contribution in [0, 0.1) is 0 Å². The van der Waals surface area contributed by atoms with Gasteiger partial charge >= 0.3 is 5.97 Å². The maximum atomic E-state index is 10.5. The highest BCUT2D eigenvalue weighted by atomic mass is 32.1. The summed E-state index contributed by atoms with van der Waals surface area (Å²) in [5.41, 5.74) is 0. The standard InChI is InChI=1S/C13H15NO2S/c1-14(7-6-13(15)16)9-11-8-10-4-2-3-5-12(10)17-11/h2-5,8H,6-7,9H2,1H3,(H,15,16). The molecule has 1 aromatic heterocycles. The molecule has 0 aliphatic heterocycles. The fourth-order valence-electron chi connectivity index (χ4n) is 1.75. The van der Waals surface area contributed by atoms with Gasteiger partial charge in [0.05, 0.1) is 6.42 Å². The van der Waals surface area contributed by atoms with E-state index in [4.69, 9.17) is 5.11 Å². The Balaban J connectivity index is 2.00. The molecule has 3 nitrogen and oxygen atoms in total. The van der Waals surface area contributed by atoms with Gasteiger partial charge in [0.15, 0.2) is 0 Å². The molecule has 0 unspecified atom stereocenters. The van der Waals surface area contributed by atoms with E-state index in [2.05, 4.69) is 18.2 Å². The monoisotopic (exact) mass is 249 g/mol. The number of carboxylic acid groups (broad SMARTS) is 1. The first-order valence-electron chi connectivity index (χ1n) is 5.53. The van der Waals surface area contributed by atoms with Gasteiger partial charge in [0, 0.05) is 22.7 Å². The molecule has 1 aromatic carbocycles. The molecule has 2 rings (SSSR count). The summed E-state index contributed by atoms with van der Waals surface area (Å²) >= 11 is 1.77. The first-order chi connectivity index (χ1) is 8.15. The highest BCUT2D eigenvalue weighted by Gasteiger charge is 2.06. The van der Waals surface area contributed by atoms with E-state index in [9.17, 15) is 4.79 Å². The normalized spacial score (nSPS) is 11.2. The number of carbonyl (C=O) groups is 1. The smallest absolute Gasteiger partial charge is 0.304 e. The fraction of sp³-hybridized carbons (Fsp3) is 0.308. The molecular weight excluding hydrogens is 234 g/mol. The Hall–Kier alpha value is -1.39. The lowest BCUT2D eigenvalue weighted by Gasteiger charge is -2.13. The minimum atomic E-state index is -0.742. The first-order valence-corrected chi connectivity index (χ1v) is 6.34. The third-order valence-corrected chi connectivity index (χ3v) is 3.71. The third-order valence-electron chi connectivity index (χ3n) is 2.61. The van der Waals surface area contributed by atoms with E-state index < -0.39 is 5.97 Å². The zero-order chi connectivity index (χ0) is 12.3. The fourth-order valence-corrected chi connectivity index (χ4v) is 2.89. The largest absolute Gasteiger partial charge is 0.481 e. The van der Waals surface area contributed by atoms with Crippen molar-refractivity contribution in [3.63, 3.8) is 0 Å². The van der Waals surface area contributed by atoms with E-state index in [-0.39, 0.29) is 6.42 Å². The number of benzene rings is 1. The molecule has 90 valence electrons. The molecule has 0 amide bonds. The van der Waals surface area contributed by atoms with E-state index >= 15 is 0 Å². The quantitative estimate of drug-likeness (QED) is 0.885. The Labute approximate surface area is 104 Å². The van der Waals surface area contributed by atoms with Crippen molar-refractivity contribution in [3.05, 3.63) is 35.2 Å². The van der Waals surface area contributed by atoms with Crippen LogP contribution >= 0.6 is 11.3 Å². The molecule has 0 aliphatic rings. The number of fused-ring (bicyclic) bond motifs is 1. The van der Waals surface area contributed by atoms with E-state index in [0.29, 0.717) is 6.54 Å². The summed E-state index contributed by atoms with van der Waals surface area (Å²) in [6, 6.07) is 10.5. The van der Waals surface area contributed by atoms with Crippen molar-refractivity contribution >= 4 is 27.4 Å². The molecule has 17 heavy (non-hydrogen) atoms. The topological polar surface area (TPSA) is 40.5 Å². The summed E-state index contributed by atoms with van der Waals surface area (Å²) < 4.78 is 1.29. The molecule has 4 heteroatoms. The second kappa shape index (κ2) is 5.29. The molecule has 1 heterocycles. The van der Waals surface area contributed by atoms with Gasteiger partial charge in [0.1, 0.15) is 0 Å². The van der Waals surface area contributed by atoms with Crippen molar-refractivity contribution in [2.24, 2.45) is 0 Å². The van der Waals surface area contributed by atoms with Crippen LogP contribution in [-0.2, 0) is 11.3 Å². The van der Waals surface area contributed by atoms with Crippen LogP contribution in [0.15, 0.2) is 30.3 Å². The van der Waals surface area contributed by atoms with Crippen LogP contribution in [0.3, 0.4) is 0 Å². The zero-order valence-corrected chi connectivity index (χ0v) is 10.5. The van der Waals surface area contributed by atoms with Crippen LogP contribution in [0.5, 0.6) is 0 Å². The van der Waals surface area contributed by atoms with Gasteiger partial charge in [0.2, 0.25) is 0 Å². The van der Waals surface area contributed by atoms with E-state index in [1.165, 1.54) is 15.0 Å². The van der Waals surface area contributed by atoms with Gasteiger partial charge < -0.3 is 10.0 Å². The summed E-state index contributed by atoms with van der Waals surface area (Å²) in [5.74, 6) is -0.742. The molecule has 0 saturated carbocycles. The lowest BCUT2D eigenvalue weighted by atomic mass is 10.2. The zero-order valence-electron chi connectivity index (χ0n) is 9.72. The maximum absolute atomic E-state index is 10.5. The minimum absolute atomic E-state index is 0.196. The maximum Gasteiger partial charge on any atom is 0.304 e. The summed E-state index contributed by atoms with van der Waals surface area (Å²) in [4.78, 5) is 13.8. The lowest BCUT2D eigenvalue weighted by molar-refractivity contribution is -0.137. The van der Waals surface area contributed by atoms with Gasteiger partial charge in [-0.3, -0.25) is 4.79 Å². The number of hydrogen-bond donors (Lipinski definition) is 1. The van der Waals surface area contributed by atoms with Crippen LogP contribution in [-0.4, -0.2) is 29.6 Å². The highest BCUT2D eigenvalue weighted by Crippen LogP contribution is 2.25. The summed E-state index contributed by atoms with van der Waals surface area (Å²) in [5, 5.41) is 9.88. The summed E-state index contributed by atoms with van der Waals surface area (Å²) in [6.45, 7) is 1.40. The van der Waals surface area contributed by atoms with E-state index in [1.54, 1.807) is 11.3 Å². The van der Waals surface area contributed by atoms with Crippen molar-refractivity contribution in [2.75, 3.05) is 13.6 Å². The van der Waals surface area contributed by atoms with Gasteiger partial charge in [-0.15, -0.1) is 11.3 Å². The highest BCUT2D eigenvalue weighted by molar-refractivity contribution is 7.19. The second-order valence-electron chi connectivity index (χ2n) is 4.13. The van der Waals surface area contributed by atoms with Crippen molar-refractivity contribution < 1.29 is 9.90 Å². The Kier molecular flexibility index (Phi) is 3.76. The summed E-state index contributed by atoms with van der Waals surface area (Å²) in [7, 11) is 1.95. The lowest BCUT2D eigenvalue weighted by Crippen LogP contribution is -2.20. The Morgan fingerprint density at radius 3 is 2.88 bits per heavy atom. The molecule has 1 N–H and O–H groups in total. The number of rotatable bonds is 5. The van der Waals surface area contributed by atoms with Crippen molar-refractivity contribution in [3.8, 4) is 0 Å². The van der Waals surface area contributed by atoms with Crippen molar-refractivity contribution in [2.45, 2.75) is 13.0 Å². The third kappa shape index (κ3) is 3.28. The number of hydrogen-bond acceptors (Lipinski definition) is 3. The molecule has 0 fully saturated rings. The SMILES string of the molecule is CN(CCC(=O)O)Cc1cc2ccccc2s1. The Morgan fingerprint density at radius 2 is 2.18 bits per heavy atom. The predicted octanol–water partition coefficient (Wildman–Crippen LogP) is 2.81. The van der Waals surface area contributed by atoms with Crippen LogP contribution < -0.4 is 0 Å². The number of aliphatic carboxylic acids is 1. The number of nitrogens with zero attached hydrogens (tertiary/aromatic N) is 1. The van der Waals surface area contributed by atoms with Crippen LogP contribution in [0.25, 0.3) is 10.1 Å². The molecule has 0 aliphatic carbocycles.